The monoisotopic (exact) mass is 330 g/mol. The molecule has 0 spiro atoms. The first-order valence-electron chi connectivity index (χ1n) is 6.41. The Labute approximate surface area is 120 Å². The second kappa shape index (κ2) is 6.68. The van der Waals surface area contributed by atoms with Crippen molar-refractivity contribution >= 4 is 33.2 Å². The number of nitrogens with two attached hydrogens (primary N) is 1. The standard InChI is InChI=1S/C13H19BrN2OS/c14-10-7-12(18-9-10)4-1-5-13(17)16-6-2-3-11(15)8-16/h7,9,11H,1-6,8,15H2. The van der Waals surface area contributed by atoms with Gasteiger partial charge in [-0.15, -0.1) is 11.3 Å². The van der Waals surface area contributed by atoms with Crippen LogP contribution < -0.4 is 5.73 Å². The number of amides is 1. The minimum Gasteiger partial charge on any atom is -0.341 e. The summed E-state index contributed by atoms with van der Waals surface area (Å²) in [6.45, 7) is 1.63. The molecule has 1 unspecified atom stereocenters. The van der Waals surface area contributed by atoms with E-state index in [4.69, 9.17) is 5.73 Å². The molecule has 1 aliphatic rings. The number of carbonyl (C=O) groups is 1. The van der Waals surface area contributed by atoms with Crippen molar-refractivity contribution in [2.24, 2.45) is 5.73 Å². The fourth-order valence-electron chi connectivity index (χ4n) is 2.29. The molecule has 1 aromatic rings. The first-order valence-corrected chi connectivity index (χ1v) is 8.08. The van der Waals surface area contributed by atoms with E-state index in [9.17, 15) is 4.79 Å². The van der Waals surface area contributed by atoms with Crippen molar-refractivity contribution in [3.8, 4) is 0 Å². The van der Waals surface area contributed by atoms with Crippen LogP contribution in [0.2, 0.25) is 0 Å². The Balaban J connectivity index is 1.71. The Kier molecular flexibility index (Phi) is 5.21. The lowest BCUT2D eigenvalue weighted by Gasteiger charge is -2.30. The maximum atomic E-state index is 12.0. The van der Waals surface area contributed by atoms with E-state index in [0.29, 0.717) is 6.42 Å². The Morgan fingerprint density at radius 3 is 3.11 bits per heavy atom. The lowest BCUT2D eigenvalue weighted by molar-refractivity contribution is -0.132. The van der Waals surface area contributed by atoms with Gasteiger partial charge >= 0.3 is 0 Å². The summed E-state index contributed by atoms with van der Waals surface area (Å²) in [6, 6.07) is 2.31. The number of aryl methyl sites for hydroxylation is 1. The van der Waals surface area contributed by atoms with Crippen molar-refractivity contribution in [1.29, 1.82) is 0 Å². The largest absolute Gasteiger partial charge is 0.341 e. The molecule has 5 heteroatoms. The van der Waals surface area contributed by atoms with Gasteiger partial charge in [-0.1, -0.05) is 0 Å². The predicted octanol–water partition coefficient (Wildman–Crippen LogP) is 2.78. The maximum absolute atomic E-state index is 12.0. The number of hydrogen-bond donors (Lipinski definition) is 1. The molecule has 2 heterocycles. The molecule has 100 valence electrons. The Morgan fingerprint density at radius 2 is 2.44 bits per heavy atom. The SMILES string of the molecule is NC1CCCN(C(=O)CCCc2cc(Br)cs2)C1. The van der Waals surface area contributed by atoms with Crippen molar-refractivity contribution in [3.63, 3.8) is 0 Å². The van der Waals surface area contributed by atoms with Crippen LogP contribution in [0.25, 0.3) is 0 Å². The molecule has 2 N–H and O–H groups in total. The third-order valence-electron chi connectivity index (χ3n) is 3.25. The van der Waals surface area contributed by atoms with Crippen LogP contribution in [0.5, 0.6) is 0 Å². The Morgan fingerprint density at radius 1 is 1.61 bits per heavy atom. The molecule has 1 amide bonds. The zero-order valence-corrected chi connectivity index (χ0v) is 12.8. The quantitative estimate of drug-likeness (QED) is 0.922. The number of nitrogens with zero attached hydrogens (tertiary/aromatic N) is 1. The van der Waals surface area contributed by atoms with Gasteiger partial charge < -0.3 is 10.6 Å². The van der Waals surface area contributed by atoms with Gasteiger partial charge in [-0.2, -0.15) is 0 Å². The molecule has 0 saturated carbocycles. The number of likely N-dealkylation sites (tertiary alicyclic amines) is 1. The van der Waals surface area contributed by atoms with Gasteiger partial charge in [0.15, 0.2) is 0 Å². The summed E-state index contributed by atoms with van der Waals surface area (Å²) < 4.78 is 1.14. The minimum absolute atomic E-state index is 0.177. The number of piperidine rings is 1. The Hall–Kier alpha value is -0.390. The Bertz CT molecular complexity index is 407. The average molecular weight is 331 g/mol. The number of carbonyl (C=O) groups excluding carboxylic acids is 1. The van der Waals surface area contributed by atoms with Crippen molar-refractivity contribution in [2.45, 2.75) is 38.1 Å². The highest BCUT2D eigenvalue weighted by atomic mass is 79.9. The molecule has 1 aromatic heterocycles. The highest BCUT2D eigenvalue weighted by Gasteiger charge is 2.20. The molecule has 0 aliphatic carbocycles. The van der Waals surface area contributed by atoms with Gasteiger partial charge in [0.25, 0.3) is 0 Å². The van der Waals surface area contributed by atoms with Crippen LogP contribution in [-0.4, -0.2) is 29.9 Å². The molecule has 0 bridgehead atoms. The molecular weight excluding hydrogens is 312 g/mol. The molecule has 1 fully saturated rings. The van der Waals surface area contributed by atoms with Gasteiger partial charge in [-0.05, 0) is 47.7 Å². The van der Waals surface area contributed by atoms with Crippen molar-refractivity contribution in [1.82, 2.24) is 4.90 Å². The molecule has 1 aliphatic heterocycles. The van der Waals surface area contributed by atoms with E-state index >= 15 is 0 Å². The average Bonchev–Trinajstić information content (AvgIpc) is 2.75. The van der Waals surface area contributed by atoms with E-state index in [1.165, 1.54) is 4.88 Å². The summed E-state index contributed by atoms with van der Waals surface area (Å²) in [6.07, 6.45) is 4.65. The summed E-state index contributed by atoms with van der Waals surface area (Å²) in [4.78, 5) is 15.3. The fraction of sp³-hybridized carbons (Fsp3) is 0.615. The van der Waals surface area contributed by atoms with Gasteiger partial charge in [-0.3, -0.25) is 4.79 Å². The normalized spacial score (nSPS) is 20.1. The van der Waals surface area contributed by atoms with Crippen LogP contribution in [0.3, 0.4) is 0 Å². The van der Waals surface area contributed by atoms with Crippen molar-refractivity contribution in [3.05, 3.63) is 20.8 Å². The second-order valence-corrected chi connectivity index (χ2v) is 6.74. The summed E-state index contributed by atoms with van der Waals surface area (Å²) in [7, 11) is 0. The van der Waals surface area contributed by atoms with E-state index in [-0.39, 0.29) is 11.9 Å². The highest BCUT2D eigenvalue weighted by Crippen LogP contribution is 2.21. The zero-order chi connectivity index (χ0) is 13.0. The smallest absolute Gasteiger partial charge is 0.222 e. The molecule has 1 atom stereocenters. The third kappa shape index (κ3) is 4.07. The fourth-order valence-corrected chi connectivity index (χ4v) is 3.79. The van der Waals surface area contributed by atoms with Gasteiger partial charge in [0.1, 0.15) is 0 Å². The highest BCUT2D eigenvalue weighted by molar-refractivity contribution is 9.10. The number of thiophene rings is 1. The van der Waals surface area contributed by atoms with E-state index in [1.807, 2.05) is 4.90 Å². The number of rotatable bonds is 4. The first kappa shape index (κ1) is 14.0. The maximum Gasteiger partial charge on any atom is 0.222 e. The van der Waals surface area contributed by atoms with Gasteiger partial charge in [0.2, 0.25) is 5.91 Å². The van der Waals surface area contributed by atoms with Gasteiger partial charge in [0, 0.05) is 40.3 Å². The van der Waals surface area contributed by atoms with Crippen LogP contribution >= 0.6 is 27.3 Å². The van der Waals surface area contributed by atoms with E-state index in [0.717, 1.165) is 43.2 Å². The van der Waals surface area contributed by atoms with E-state index in [2.05, 4.69) is 27.4 Å². The summed E-state index contributed by atoms with van der Waals surface area (Å²) in [5.74, 6) is 0.265. The van der Waals surface area contributed by atoms with E-state index < -0.39 is 0 Å². The first-order chi connectivity index (χ1) is 8.65. The lowest BCUT2D eigenvalue weighted by atomic mass is 10.1. The summed E-state index contributed by atoms with van der Waals surface area (Å²) in [5.41, 5.74) is 5.89. The number of halogens is 1. The molecule has 2 rings (SSSR count). The topological polar surface area (TPSA) is 46.3 Å². The lowest BCUT2D eigenvalue weighted by Crippen LogP contribution is -2.45. The van der Waals surface area contributed by atoms with Crippen molar-refractivity contribution in [2.75, 3.05) is 13.1 Å². The van der Waals surface area contributed by atoms with Crippen LogP contribution in [-0.2, 0) is 11.2 Å². The second-order valence-electron chi connectivity index (χ2n) is 4.83. The van der Waals surface area contributed by atoms with Crippen LogP contribution in [0.4, 0.5) is 0 Å². The minimum atomic E-state index is 0.177. The molecule has 0 aromatic carbocycles. The third-order valence-corrected chi connectivity index (χ3v) is 5.00. The number of hydrogen-bond acceptors (Lipinski definition) is 3. The zero-order valence-electron chi connectivity index (χ0n) is 10.4. The van der Waals surface area contributed by atoms with Gasteiger partial charge in [0.05, 0.1) is 0 Å². The van der Waals surface area contributed by atoms with Crippen LogP contribution in [0.15, 0.2) is 15.9 Å². The van der Waals surface area contributed by atoms with E-state index in [1.54, 1.807) is 11.3 Å². The van der Waals surface area contributed by atoms with Crippen LogP contribution in [0, 0.1) is 0 Å². The molecule has 3 nitrogen and oxygen atoms in total. The predicted molar refractivity (Wildman–Crippen MR) is 78.7 cm³/mol. The molecule has 18 heavy (non-hydrogen) atoms. The van der Waals surface area contributed by atoms with Crippen molar-refractivity contribution < 1.29 is 4.79 Å². The molecule has 1 saturated heterocycles. The summed E-state index contributed by atoms with van der Waals surface area (Å²) >= 11 is 5.19. The molecular formula is C13H19BrN2OS. The van der Waals surface area contributed by atoms with Gasteiger partial charge in [-0.25, -0.2) is 0 Å². The summed E-state index contributed by atoms with van der Waals surface area (Å²) in [5, 5.41) is 2.08. The molecule has 0 radical (unpaired) electrons. The van der Waals surface area contributed by atoms with Crippen LogP contribution in [0.1, 0.15) is 30.6 Å².